The van der Waals surface area contributed by atoms with Crippen molar-refractivity contribution in [1.82, 2.24) is 5.32 Å². The summed E-state index contributed by atoms with van der Waals surface area (Å²) in [5.41, 5.74) is 0.232. The average molecular weight is 263 g/mol. The van der Waals surface area contributed by atoms with E-state index >= 15 is 0 Å². The first-order valence-electron chi connectivity index (χ1n) is 7.31. The van der Waals surface area contributed by atoms with Crippen LogP contribution < -0.4 is 10.1 Å². The first-order valence-corrected chi connectivity index (χ1v) is 7.31. The lowest BCUT2D eigenvalue weighted by atomic mass is 9.77. The Balaban J connectivity index is 2.16. The van der Waals surface area contributed by atoms with Gasteiger partial charge >= 0.3 is 0 Å². The van der Waals surface area contributed by atoms with Crippen LogP contribution in [0.5, 0.6) is 5.75 Å². The predicted molar refractivity (Wildman–Crippen MR) is 77.4 cm³/mol. The molecule has 1 aliphatic rings. The molecule has 2 rings (SSSR count). The summed E-state index contributed by atoms with van der Waals surface area (Å²) in [6, 6.07) is 8.45. The molecule has 1 aromatic carbocycles. The van der Waals surface area contributed by atoms with E-state index in [9.17, 15) is 5.11 Å². The van der Waals surface area contributed by atoms with Crippen molar-refractivity contribution in [1.29, 1.82) is 0 Å². The molecule has 2 N–H and O–H groups in total. The van der Waals surface area contributed by atoms with E-state index in [4.69, 9.17) is 4.74 Å². The van der Waals surface area contributed by atoms with Gasteiger partial charge in [0.15, 0.2) is 0 Å². The summed E-state index contributed by atoms with van der Waals surface area (Å²) in [5, 5.41) is 14.2. The van der Waals surface area contributed by atoms with Gasteiger partial charge in [0.25, 0.3) is 0 Å². The summed E-state index contributed by atoms with van der Waals surface area (Å²) < 4.78 is 5.78. The van der Waals surface area contributed by atoms with Crippen molar-refractivity contribution in [3.8, 4) is 5.75 Å². The molecule has 106 valence electrons. The number of rotatable bonds is 5. The summed E-state index contributed by atoms with van der Waals surface area (Å²) in [6.45, 7) is 2.79. The molecule has 1 aromatic rings. The Labute approximate surface area is 116 Å². The molecule has 3 heteroatoms. The van der Waals surface area contributed by atoms with E-state index in [2.05, 4.69) is 12.2 Å². The molecular formula is C16H25NO2. The van der Waals surface area contributed by atoms with Gasteiger partial charge < -0.3 is 15.2 Å². The lowest BCUT2D eigenvalue weighted by molar-refractivity contribution is -0.00988. The van der Waals surface area contributed by atoms with Gasteiger partial charge in [-0.1, -0.05) is 25.1 Å². The van der Waals surface area contributed by atoms with Crippen LogP contribution in [0.25, 0.3) is 0 Å². The van der Waals surface area contributed by atoms with Crippen LogP contribution in [0.15, 0.2) is 24.3 Å². The average Bonchev–Trinajstić information content (AvgIpc) is 2.46. The predicted octanol–water partition coefficient (Wildman–Crippen LogP) is 2.83. The highest BCUT2D eigenvalue weighted by Crippen LogP contribution is 2.41. The van der Waals surface area contributed by atoms with Crippen LogP contribution in [0, 0.1) is 0 Å². The minimum absolute atomic E-state index is 0.531. The van der Waals surface area contributed by atoms with Crippen LogP contribution in [0.2, 0.25) is 0 Å². The number of benzene rings is 1. The number of nitrogens with one attached hydrogen (secondary N) is 1. The smallest absolute Gasteiger partial charge is 0.125 e. The number of hydrogen-bond acceptors (Lipinski definition) is 3. The van der Waals surface area contributed by atoms with Crippen LogP contribution in [0.1, 0.15) is 44.6 Å². The quantitative estimate of drug-likeness (QED) is 0.858. The maximum absolute atomic E-state index is 10.9. The number of hydrogen-bond donors (Lipinski definition) is 2. The summed E-state index contributed by atoms with van der Waals surface area (Å²) >= 11 is 0. The van der Waals surface area contributed by atoms with E-state index in [0.717, 1.165) is 43.4 Å². The van der Waals surface area contributed by atoms with Gasteiger partial charge in [0.05, 0.1) is 12.2 Å². The van der Waals surface area contributed by atoms with Gasteiger partial charge in [-0.2, -0.15) is 0 Å². The molecule has 3 nitrogen and oxygen atoms in total. The Morgan fingerprint density at radius 1 is 1.32 bits per heavy atom. The third kappa shape index (κ3) is 3.28. The molecular weight excluding hydrogens is 238 g/mol. The molecule has 0 amide bonds. The third-order valence-electron chi connectivity index (χ3n) is 4.07. The maximum Gasteiger partial charge on any atom is 0.125 e. The first kappa shape index (κ1) is 14.4. The van der Waals surface area contributed by atoms with Crippen molar-refractivity contribution in [2.45, 2.75) is 50.7 Å². The molecule has 1 saturated carbocycles. The lowest BCUT2D eigenvalue weighted by Crippen LogP contribution is -2.38. The van der Waals surface area contributed by atoms with E-state index < -0.39 is 5.60 Å². The van der Waals surface area contributed by atoms with E-state index in [1.165, 1.54) is 0 Å². The van der Waals surface area contributed by atoms with Crippen LogP contribution in [0.3, 0.4) is 0 Å². The normalized spacial score (nSPS) is 27.2. The first-order chi connectivity index (χ1) is 9.19. The zero-order chi connectivity index (χ0) is 13.7. The Kier molecular flexibility index (Phi) is 4.83. The molecule has 1 aliphatic carbocycles. The lowest BCUT2D eigenvalue weighted by Gasteiger charge is -2.37. The van der Waals surface area contributed by atoms with Crippen molar-refractivity contribution in [3.63, 3.8) is 0 Å². The fourth-order valence-corrected chi connectivity index (χ4v) is 2.84. The molecule has 0 radical (unpaired) electrons. The number of para-hydroxylation sites is 1. The Morgan fingerprint density at radius 3 is 2.63 bits per heavy atom. The molecule has 0 atom stereocenters. The van der Waals surface area contributed by atoms with Gasteiger partial charge in [-0.3, -0.25) is 0 Å². The molecule has 0 unspecified atom stereocenters. The third-order valence-corrected chi connectivity index (χ3v) is 4.07. The van der Waals surface area contributed by atoms with Crippen molar-refractivity contribution >= 4 is 0 Å². The van der Waals surface area contributed by atoms with Gasteiger partial charge in [-0.05, 0) is 45.2 Å². The van der Waals surface area contributed by atoms with E-state index in [1.54, 1.807) is 0 Å². The molecule has 19 heavy (non-hydrogen) atoms. The Hall–Kier alpha value is -1.06. The second kappa shape index (κ2) is 6.40. The SMILES string of the molecule is CCCOc1ccccc1C1(O)CCC(NC)CC1. The summed E-state index contributed by atoms with van der Waals surface area (Å²) in [7, 11) is 1.99. The van der Waals surface area contributed by atoms with Gasteiger partial charge in [0.2, 0.25) is 0 Å². The van der Waals surface area contributed by atoms with E-state index in [1.807, 2.05) is 31.3 Å². The minimum atomic E-state index is -0.725. The second-order valence-corrected chi connectivity index (χ2v) is 5.44. The highest BCUT2D eigenvalue weighted by Gasteiger charge is 2.36. The maximum atomic E-state index is 10.9. The number of aliphatic hydroxyl groups is 1. The van der Waals surface area contributed by atoms with Gasteiger partial charge in [0.1, 0.15) is 5.75 Å². The molecule has 0 aliphatic heterocycles. The van der Waals surface area contributed by atoms with Crippen LogP contribution in [-0.4, -0.2) is 24.8 Å². The van der Waals surface area contributed by atoms with Crippen LogP contribution in [0.4, 0.5) is 0 Å². The topological polar surface area (TPSA) is 41.5 Å². The van der Waals surface area contributed by atoms with Crippen molar-refractivity contribution in [2.24, 2.45) is 0 Å². The standard InChI is InChI=1S/C16H25NO2/c1-3-12-19-15-7-5-4-6-14(15)16(18)10-8-13(17-2)9-11-16/h4-7,13,17-18H,3,8-12H2,1-2H3. The highest BCUT2D eigenvalue weighted by molar-refractivity contribution is 5.38. The van der Waals surface area contributed by atoms with Crippen molar-refractivity contribution in [2.75, 3.05) is 13.7 Å². The zero-order valence-corrected chi connectivity index (χ0v) is 12.0. The number of ether oxygens (including phenoxy) is 1. The summed E-state index contributed by atoms with van der Waals surface area (Å²) in [4.78, 5) is 0. The Bertz CT molecular complexity index is 397. The molecule has 0 spiro atoms. The Morgan fingerprint density at radius 2 is 2.00 bits per heavy atom. The zero-order valence-electron chi connectivity index (χ0n) is 12.0. The summed E-state index contributed by atoms with van der Waals surface area (Å²) in [6.07, 6.45) is 4.59. The van der Waals surface area contributed by atoms with Gasteiger partial charge in [-0.15, -0.1) is 0 Å². The molecule has 0 saturated heterocycles. The van der Waals surface area contributed by atoms with Crippen LogP contribution in [-0.2, 0) is 5.60 Å². The van der Waals surface area contributed by atoms with E-state index in [0.29, 0.717) is 12.6 Å². The second-order valence-electron chi connectivity index (χ2n) is 5.44. The van der Waals surface area contributed by atoms with Crippen molar-refractivity contribution in [3.05, 3.63) is 29.8 Å². The monoisotopic (exact) mass is 263 g/mol. The largest absolute Gasteiger partial charge is 0.493 e. The highest BCUT2D eigenvalue weighted by atomic mass is 16.5. The van der Waals surface area contributed by atoms with E-state index in [-0.39, 0.29) is 0 Å². The molecule has 0 bridgehead atoms. The summed E-state index contributed by atoms with van der Waals surface area (Å²) in [5.74, 6) is 0.842. The van der Waals surface area contributed by atoms with Gasteiger partial charge in [0, 0.05) is 11.6 Å². The van der Waals surface area contributed by atoms with Crippen molar-refractivity contribution < 1.29 is 9.84 Å². The fraction of sp³-hybridized carbons (Fsp3) is 0.625. The van der Waals surface area contributed by atoms with Crippen LogP contribution >= 0.6 is 0 Å². The molecule has 1 fully saturated rings. The molecule has 0 heterocycles. The minimum Gasteiger partial charge on any atom is -0.493 e. The van der Waals surface area contributed by atoms with Gasteiger partial charge in [-0.25, -0.2) is 0 Å². The molecule has 0 aromatic heterocycles. The fourth-order valence-electron chi connectivity index (χ4n) is 2.84.